The zero-order chi connectivity index (χ0) is 33.0. The standard InChI is InChI=1S/C34H43N9O3/c1-6-8-26(36-21-30(44)43-16-7-9-27(43)20-35)19-34(33-37-39-40-38-33)28-14-12-24(31(45)41(2)3)17-22(28)10-11-23-18-25(13-15-29(23)34)32(46)42(4)5/h12-15,17-18,26-27,36H,6-11,16,19,21H2,1-5H3,(H,37,38,39,40). The van der Waals surface area contributed by atoms with Crippen molar-refractivity contribution in [2.45, 2.75) is 69.4 Å². The molecule has 0 saturated carbocycles. The molecule has 1 aliphatic carbocycles. The summed E-state index contributed by atoms with van der Waals surface area (Å²) in [5.41, 5.74) is 4.19. The van der Waals surface area contributed by atoms with Crippen LogP contribution in [-0.2, 0) is 23.1 Å². The molecule has 0 radical (unpaired) electrons. The van der Waals surface area contributed by atoms with E-state index in [1.807, 2.05) is 36.4 Å². The molecule has 1 aromatic heterocycles. The maximum Gasteiger partial charge on any atom is 0.253 e. The molecule has 0 spiro atoms. The molecule has 2 atom stereocenters. The average molecular weight is 626 g/mol. The highest BCUT2D eigenvalue weighted by molar-refractivity contribution is 5.95. The quantitative estimate of drug-likeness (QED) is 0.349. The molecule has 242 valence electrons. The summed E-state index contributed by atoms with van der Waals surface area (Å²) in [6.45, 7) is 2.81. The molecule has 1 fully saturated rings. The van der Waals surface area contributed by atoms with Crippen molar-refractivity contribution in [2.24, 2.45) is 0 Å². The molecule has 2 N–H and O–H groups in total. The van der Waals surface area contributed by atoms with Crippen LogP contribution in [0.1, 0.15) is 87.8 Å². The summed E-state index contributed by atoms with van der Waals surface area (Å²) in [5.74, 6) is 0.220. The lowest BCUT2D eigenvalue weighted by molar-refractivity contribution is -0.130. The van der Waals surface area contributed by atoms with Crippen molar-refractivity contribution in [2.75, 3.05) is 41.3 Å². The molecular weight excluding hydrogens is 582 g/mol. The van der Waals surface area contributed by atoms with Crippen LogP contribution in [0.4, 0.5) is 0 Å². The zero-order valence-corrected chi connectivity index (χ0v) is 27.3. The van der Waals surface area contributed by atoms with Crippen LogP contribution >= 0.6 is 0 Å². The van der Waals surface area contributed by atoms with Crippen molar-refractivity contribution < 1.29 is 14.4 Å². The maximum absolute atomic E-state index is 13.3. The third-order valence-corrected chi connectivity index (χ3v) is 9.28. The van der Waals surface area contributed by atoms with Gasteiger partial charge in [0.1, 0.15) is 6.04 Å². The monoisotopic (exact) mass is 625 g/mol. The van der Waals surface area contributed by atoms with Gasteiger partial charge in [-0.2, -0.15) is 10.5 Å². The van der Waals surface area contributed by atoms with E-state index >= 15 is 0 Å². The molecule has 1 saturated heterocycles. The fourth-order valence-electron chi connectivity index (χ4n) is 7.05. The number of carbonyl (C=O) groups is 3. The highest BCUT2D eigenvalue weighted by Gasteiger charge is 2.46. The fraction of sp³-hybridized carbons (Fsp3) is 0.500. The van der Waals surface area contributed by atoms with Gasteiger partial charge in [0.05, 0.1) is 18.0 Å². The Morgan fingerprint density at radius 2 is 1.65 bits per heavy atom. The minimum atomic E-state index is -0.910. The fourth-order valence-corrected chi connectivity index (χ4v) is 7.05. The number of amides is 3. The van der Waals surface area contributed by atoms with Crippen LogP contribution in [0.15, 0.2) is 36.4 Å². The predicted molar refractivity (Wildman–Crippen MR) is 172 cm³/mol. The van der Waals surface area contributed by atoms with E-state index in [9.17, 15) is 19.6 Å². The van der Waals surface area contributed by atoms with Gasteiger partial charge in [0.2, 0.25) is 5.91 Å². The molecule has 3 amide bonds. The third-order valence-electron chi connectivity index (χ3n) is 9.28. The van der Waals surface area contributed by atoms with E-state index < -0.39 is 5.41 Å². The van der Waals surface area contributed by atoms with Gasteiger partial charge in [0, 0.05) is 51.9 Å². The summed E-state index contributed by atoms with van der Waals surface area (Å²) in [4.78, 5) is 44.2. The van der Waals surface area contributed by atoms with Gasteiger partial charge >= 0.3 is 0 Å². The molecule has 2 aliphatic rings. The van der Waals surface area contributed by atoms with Crippen molar-refractivity contribution >= 4 is 17.7 Å². The lowest BCUT2D eigenvalue weighted by Crippen LogP contribution is -2.46. The van der Waals surface area contributed by atoms with Crippen LogP contribution in [0.3, 0.4) is 0 Å². The zero-order valence-electron chi connectivity index (χ0n) is 27.3. The number of benzene rings is 2. The third kappa shape index (κ3) is 6.24. The second-order valence-corrected chi connectivity index (χ2v) is 12.7. The number of aromatic amines is 1. The molecule has 12 heteroatoms. The lowest BCUT2D eigenvalue weighted by Gasteiger charge is -2.37. The topological polar surface area (TPSA) is 151 Å². The van der Waals surface area contributed by atoms with Crippen LogP contribution in [0.25, 0.3) is 0 Å². The number of likely N-dealkylation sites (tertiary alicyclic amines) is 1. The van der Waals surface area contributed by atoms with Gasteiger partial charge in [-0.05, 0) is 85.0 Å². The molecule has 3 aromatic rings. The summed E-state index contributed by atoms with van der Waals surface area (Å²) in [6, 6.07) is 13.4. The predicted octanol–water partition coefficient (Wildman–Crippen LogP) is 2.70. The average Bonchev–Trinajstić information content (AvgIpc) is 3.75. The van der Waals surface area contributed by atoms with Gasteiger partial charge < -0.3 is 20.0 Å². The van der Waals surface area contributed by atoms with Crippen molar-refractivity contribution in [1.29, 1.82) is 5.26 Å². The van der Waals surface area contributed by atoms with E-state index in [1.165, 1.54) is 0 Å². The first-order chi connectivity index (χ1) is 22.1. The minimum absolute atomic E-state index is 0.0842. The lowest BCUT2D eigenvalue weighted by atomic mass is 9.67. The Bertz CT molecular complexity index is 1560. The van der Waals surface area contributed by atoms with E-state index in [2.05, 4.69) is 38.9 Å². The molecule has 2 heterocycles. The van der Waals surface area contributed by atoms with Crippen LogP contribution in [-0.4, -0.2) is 106 Å². The molecular formula is C34H43N9O3. The van der Waals surface area contributed by atoms with Crippen LogP contribution in [0, 0.1) is 11.3 Å². The summed E-state index contributed by atoms with van der Waals surface area (Å²) in [5, 5.41) is 28.9. The van der Waals surface area contributed by atoms with E-state index in [0.717, 1.165) is 41.5 Å². The Morgan fingerprint density at radius 1 is 1.04 bits per heavy atom. The second kappa shape index (κ2) is 13.8. The van der Waals surface area contributed by atoms with Gasteiger partial charge in [0.15, 0.2) is 5.82 Å². The van der Waals surface area contributed by atoms with E-state index in [4.69, 9.17) is 0 Å². The Balaban J connectivity index is 1.64. The number of aromatic nitrogens is 4. The van der Waals surface area contributed by atoms with Crippen molar-refractivity contribution in [3.05, 3.63) is 75.6 Å². The Labute approximate surface area is 270 Å². The van der Waals surface area contributed by atoms with Crippen molar-refractivity contribution in [1.82, 2.24) is 40.6 Å². The Morgan fingerprint density at radius 3 is 2.15 bits per heavy atom. The number of rotatable bonds is 10. The smallest absolute Gasteiger partial charge is 0.253 e. The number of aryl methyl sites for hydroxylation is 2. The molecule has 0 bridgehead atoms. The number of nitrogens with one attached hydrogen (secondary N) is 2. The molecule has 5 rings (SSSR count). The van der Waals surface area contributed by atoms with E-state index in [1.54, 1.807) is 42.9 Å². The first-order valence-corrected chi connectivity index (χ1v) is 16.0. The van der Waals surface area contributed by atoms with E-state index in [0.29, 0.717) is 49.2 Å². The largest absolute Gasteiger partial charge is 0.345 e. The number of carbonyl (C=O) groups excluding carboxylic acids is 3. The maximum atomic E-state index is 13.3. The summed E-state index contributed by atoms with van der Waals surface area (Å²) >= 11 is 0. The Kier molecular flexibility index (Phi) is 9.82. The van der Waals surface area contributed by atoms with Crippen LogP contribution in [0.2, 0.25) is 0 Å². The number of nitrogens with zero attached hydrogens (tertiary/aromatic N) is 7. The Hall–Kier alpha value is -4.63. The van der Waals surface area contributed by atoms with Crippen molar-refractivity contribution in [3.8, 4) is 6.07 Å². The van der Waals surface area contributed by atoms with Crippen LogP contribution in [0.5, 0.6) is 0 Å². The summed E-state index contributed by atoms with van der Waals surface area (Å²) < 4.78 is 0. The van der Waals surface area contributed by atoms with Gasteiger partial charge in [-0.25, -0.2) is 0 Å². The normalized spacial score (nSPS) is 17.3. The van der Waals surface area contributed by atoms with Gasteiger partial charge in [-0.3, -0.25) is 14.4 Å². The number of H-pyrrole nitrogens is 1. The number of hydrogen-bond acceptors (Lipinski definition) is 8. The first-order valence-electron chi connectivity index (χ1n) is 16.0. The molecule has 12 nitrogen and oxygen atoms in total. The number of hydrogen-bond donors (Lipinski definition) is 2. The number of tetrazole rings is 1. The minimum Gasteiger partial charge on any atom is -0.345 e. The van der Waals surface area contributed by atoms with E-state index in [-0.39, 0.29) is 36.3 Å². The molecule has 2 aromatic carbocycles. The molecule has 1 aliphatic heterocycles. The van der Waals surface area contributed by atoms with Crippen molar-refractivity contribution in [3.63, 3.8) is 0 Å². The summed E-state index contributed by atoms with van der Waals surface area (Å²) in [6.07, 6.45) is 4.95. The van der Waals surface area contributed by atoms with Gasteiger partial charge in [0.25, 0.3) is 11.8 Å². The summed E-state index contributed by atoms with van der Waals surface area (Å²) in [7, 11) is 6.94. The molecule has 46 heavy (non-hydrogen) atoms. The SMILES string of the molecule is CCCC(CC1(c2nn[nH]n2)c2ccc(C(=O)N(C)C)cc2CCc2cc(C(=O)N(C)C)ccc21)NCC(=O)N1CCCC1C#N. The van der Waals surface area contributed by atoms with Gasteiger partial charge in [-0.15, -0.1) is 10.2 Å². The number of fused-ring (bicyclic) bond motifs is 2. The second-order valence-electron chi connectivity index (χ2n) is 12.7. The molecule has 2 unspecified atom stereocenters. The van der Waals surface area contributed by atoms with Gasteiger partial charge in [-0.1, -0.05) is 30.7 Å². The number of nitriles is 1. The highest BCUT2D eigenvalue weighted by Crippen LogP contribution is 2.47. The van der Waals surface area contributed by atoms with Crippen LogP contribution < -0.4 is 5.32 Å². The first kappa shape index (κ1) is 32.8. The highest BCUT2D eigenvalue weighted by atomic mass is 16.2.